The van der Waals surface area contributed by atoms with E-state index in [9.17, 15) is 9.90 Å². The summed E-state index contributed by atoms with van der Waals surface area (Å²) in [6.45, 7) is 0. The van der Waals surface area contributed by atoms with Crippen molar-refractivity contribution >= 4 is 5.91 Å². The Balaban J connectivity index is 1.99. The zero-order valence-electron chi connectivity index (χ0n) is 8.05. The Hall–Kier alpha value is -1.08. The average molecular weight is 194 g/mol. The highest BCUT2D eigenvalue weighted by molar-refractivity contribution is 5.86. The third kappa shape index (κ3) is 1.48. The van der Waals surface area contributed by atoms with Crippen LogP contribution in [0, 0.1) is 11.3 Å². The normalized spacial score (nSPS) is 26.6. The van der Waals surface area contributed by atoms with Crippen LogP contribution in [-0.4, -0.2) is 22.2 Å². The molecule has 4 nitrogen and oxygen atoms in total. The summed E-state index contributed by atoms with van der Waals surface area (Å²) in [4.78, 5) is 11.7. The van der Waals surface area contributed by atoms with E-state index in [0.717, 1.165) is 12.8 Å². The molecule has 14 heavy (non-hydrogen) atoms. The van der Waals surface area contributed by atoms with E-state index in [1.165, 1.54) is 0 Å². The molecule has 4 heteroatoms. The predicted octanol–water partition coefficient (Wildman–Crippen LogP) is 0.464. The van der Waals surface area contributed by atoms with Gasteiger partial charge in [-0.3, -0.25) is 4.79 Å². The fraction of sp³-hybridized carbons (Fsp3) is 0.800. The van der Waals surface area contributed by atoms with E-state index in [4.69, 9.17) is 5.26 Å². The molecule has 2 fully saturated rings. The summed E-state index contributed by atoms with van der Waals surface area (Å²) >= 11 is 0. The Kier molecular flexibility index (Phi) is 2.00. The van der Waals surface area contributed by atoms with Crippen LogP contribution in [0.1, 0.15) is 38.5 Å². The van der Waals surface area contributed by atoms with Crippen molar-refractivity contribution in [3.8, 4) is 6.07 Å². The van der Waals surface area contributed by atoms with E-state index in [2.05, 4.69) is 11.4 Å². The Morgan fingerprint density at radius 2 is 1.86 bits per heavy atom. The number of rotatable bonds is 2. The molecule has 76 valence electrons. The highest BCUT2D eigenvalue weighted by atomic mass is 16.3. The number of nitrogens with one attached hydrogen (secondary N) is 1. The van der Waals surface area contributed by atoms with Gasteiger partial charge in [-0.15, -0.1) is 0 Å². The molecule has 0 unspecified atom stereocenters. The Labute approximate surface area is 82.9 Å². The van der Waals surface area contributed by atoms with Crippen LogP contribution in [0.15, 0.2) is 0 Å². The molecule has 0 heterocycles. The maximum absolute atomic E-state index is 11.7. The second-order valence-electron chi connectivity index (χ2n) is 4.39. The molecular weight excluding hydrogens is 180 g/mol. The van der Waals surface area contributed by atoms with Gasteiger partial charge in [0.1, 0.15) is 11.1 Å². The lowest BCUT2D eigenvalue weighted by Crippen LogP contribution is -2.49. The van der Waals surface area contributed by atoms with Crippen molar-refractivity contribution in [2.75, 3.05) is 0 Å². The van der Waals surface area contributed by atoms with Crippen molar-refractivity contribution < 1.29 is 9.90 Å². The van der Waals surface area contributed by atoms with Gasteiger partial charge in [0.05, 0.1) is 6.07 Å². The first-order valence-electron chi connectivity index (χ1n) is 5.07. The lowest BCUT2D eigenvalue weighted by molar-refractivity contribution is -0.139. The highest BCUT2D eigenvalue weighted by Gasteiger charge is 2.49. The number of nitrogens with zero attached hydrogens (tertiary/aromatic N) is 1. The van der Waals surface area contributed by atoms with Gasteiger partial charge < -0.3 is 10.4 Å². The standard InChI is InChI=1S/C10H14N2O2/c11-7-9(5-6-9)12-8(13)10(14)3-1-2-4-10/h14H,1-6H2,(H,12,13). The van der Waals surface area contributed by atoms with Gasteiger partial charge in [-0.25, -0.2) is 0 Å². The van der Waals surface area contributed by atoms with Gasteiger partial charge >= 0.3 is 0 Å². The van der Waals surface area contributed by atoms with Gasteiger partial charge in [0.25, 0.3) is 5.91 Å². The lowest BCUT2D eigenvalue weighted by Gasteiger charge is -2.22. The van der Waals surface area contributed by atoms with Crippen molar-refractivity contribution in [1.29, 1.82) is 5.26 Å². The summed E-state index contributed by atoms with van der Waals surface area (Å²) in [6.07, 6.45) is 4.27. The highest BCUT2D eigenvalue weighted by Crippen LogP contribution is 2.37. The van der Waals surface area contributed by atoms with Gasteiger partial charge in [-0.1, -0.05) is 0 Å². The smallest absolute Gasteiger partial charge is 0.253 e. The molecule has 2 saturated carbocycles. The summed E-state index contributed by atoms with van der Waals surface area (Å²) in [5.74, 6) is -0.353. The third-order valence-electron chi connectivity index (χ3n) is 3.17. The minimum atomic E-state index is -1.20. The average Bonchev–Trinajstić information content (AvgIpc) is 2.80. The number of amides is 1. The molecule has 2 N–H and O–H groups in total. The van der Waals surface area contributed by atoms with Crippen LogP contribution in [0.2, 0.25) is 0 Å². The summed E-state index contributed by atoms with van der Waals surface area (Å²) < 4.78 is 0. The Morgan fingerprint density at radius 1 is 1.29 bits per heavy atom. The number of aliphatic hydroxyl groups is 1. The zero-order valence-corrected chi connectivity index (χ0v) is 8.05. The first-order chi connectivity index (χ1) is 6.60. The number of carbonyl (C=O) groups is 1. The molecule has 0 atom stereocenters. The van der Waals surface area contributed by atoms with E-state index in [1.54, 1.807) is 0 Å². The fourth-order valence-electron chi connectivity index (χ4n) is 1.91. The van der Waals surface area contributed by atoms with Crippen molar-refractivity contribution in [1.82, 2.24) is 5.32 Å². The minimum absolute atomic E-state index is 0.353. The number of carbonyl (C=O) groups excluding carboxylic acids is 1. The summed E-state index contributed by atoms with van der Waals surface area (Å²) in [5.41, 5.74) is -1.86. The Bertz CT molecular complexity index is 296. The monoisotopic (exact) mass is 194 g/mol. The molecule has 0 aliphatic heterocycles. The fourth-order valence-corrected chi connectivity index (χ4v) is 1.91. The largest absolute Gasteiger partial charge is 0.380 e. The van der Waals surface area contributed by atoms with Crippen LogP contribution in [0.25, 0.3) is 0 Å². The van der Waals surface area contributed by atoms with E-state index in [1.807, 2.05) is 0 Å². The molecule has 0 aromatic carbocycles. The quantitative estimate of drug-likeness (QED) is 0.670. The first kappa shape index (κ1) is 9.47. The minimum Gasteiger partial charge on any atom is -0.380 e. The van der Waals surface area contributed by atoms with Crippen LogP contribution in [0.5, 0.6) is 0 Å². The van der Waals surface area contributed by atoms with E-state index in [-0.39, 0.29) is 5.91 Å². The SMILES string of the molecule is N#CC1(NC(=O)C2(O)CCCC2)CC1. The molecule has 1 amide bonds. The maximum atomic E-state index is 11.7. The number of hydrogen-bond donors (Lipinski definition) is 2. The predicted molar refractivity (Wildman–Crippen MR) is 49.1 cm³/mol. The number of hydrogen-bond acceptors (Lipinski definition) is 3. The lowest BCUT2D eigenvalue weighted by atomic mass is 10.0. The third-order valence-corrected chi connectivity index (χ3v) is 3.17. The molecule has 0 bridgehead atoms. The summed E-state index contributed by atoms with van der Waals surface area (Å²) in [6, 6.07) is 2.08. The molecule has 0 aromatic rings. The number of nitriles is 1. The Morgan fingerprint density at radius 3 is 2.29 bits per heavy atom. The molecule has 2 aliphatic rings. The second-order valence-corrected chi connectivity index (χ2v) is 4.39. The van der Waals surface area contributed by atoms with Crippen molar-refractivity contribution in [3.63, 3.8) is 0 Å². The van der Waals surface area contributed by atoms with Gasteiger partial charge in [-0.2, -0.15) is 5.26 Å². The van der Waals surface area contributed by atoms with Crippen LogP contribution in [-0.2, 0) is 4.79 Å². The molecule has 0 spiro atoms. The van der Waals surface area contributed by atoms with E-state index in [0.29, 0.717) is 25.7 Å². The van der Waals surface area contributed by atoms with Crippen molar-refractivity contribution in [2.24, 2.45) is 0 Å². The molecular formula is C10H14N2O2. The topological polar surface area (TPSA) is 73.1 Å². The zero-order chi connectivity index (χ0) is 10.2. The maximum Gasteiger partial charge on any atom is 0.253 e. The summed E-state index contributed by atoms with van der Waals surface area (Å²) in [5, 5.41) is 21.4. The van der Waals surface area contributed by atoms with Gasteiger partial charge in [0.2, 0.25) is 0 Å². The van der Waals surface area contributed by atoms with Gasteiger partial charge in [0, 0.05) is 0 Å². The molecule has 0 aromatic heterocycles. The van der Waals surface area contributed by atoms with Crippen LogP contribution >= 0.6 is 0 Å². The van der Waals surface area contributed by atoms with E-state index >= 15 is 0 Å². The molecule has 0 radical (unpaired) electrons. The van der Waals surface area contributed by atoms with Crippen LogP contribution < -0.4 is 5.32 Å². The molecule has 0 saturated heterocycles. The van der Waals surface area contributed by atoms with Crippen LogP contribution in [0.4, 0.5) is 0 Å². The first-order valence-corrected chi connectivity index (χ1v) is 5.07. The van der Waals surface area contributed by atoms with Gasteiger partial charge in [0.15, 0.2) is 0 Å². The molecule has 2 rings (SSSR count). The van der Waals surface area contributed by atoms with Gasteiger partial charge in [-0.05, 0) is 38.5 Å². The summed E-state index contributed by atoms with van der Waals surface area (Å²) in [7, 11) is 0. The molecule has 2 aliphatic carbocycles. The second kappa shape index (κ2) is 2.96. The van der Waals surface area contributed by atoms with Crippen molar-refractivity contribution in [2.45, 2.75) is 49.7 Å². The van der Waals surface area contributed by atoms with Crippen molar-refractivity contribution in [3.05, 3.63) is 0 Å². The van der Waals surface area contributed by atoms with E-state index < -0.39 is 11.1 Å². The van der Waals surface area contributed by atoms with Crippen LogP contribution in [0.3, 0.4) is 0 Å².